The van der Waals surface area contributed by atoms with Crippen molar-refractivity contribution in [3.63, 3.8) is 0 Å². The van der Waals surface area contributed by atoms with E-state index in [1.165, 1.54) is 89.7 Å². The third kappa shape index (κ3) is 9.53. The van der Waals surface area contributed by atoms with Crippen molar-refractivity contribution in [3.8, 4) is 0 Å². The van der Waals surface area contributed by atoms with Crippen LogP contribution in [-0.4, -0.2) is 3.21 Å². The molecule has 44 heavy (non-hydrogen) atoms. The number of fused-ring (bicyclic) bond motifs is 3. The third-order valence-corrected chi connectivity index (χ3v) is 9.63. The first-order valence-corrected chi connectivity index (χ1v) is 16.9. The van der Waals surface area contributed by atoms with Gasteiger partial charge in [-0.25, -0.2) is 5.57 Å². The normalized spacial score (nSPS) is 11.9. The van der Waals surface area contributed by atoms with Gasteiger partial charge in [-0.15, -0.1) is 46.2 Å². The Labute approximate surface area is 293 Å². The van der Waals surface area contributed by atoms with Gasteiger partial charge in [-0.3, -0.25) is 6.08 Å². The molecule has 228 valence electrons. The molecule has 6 rings (SSSR count). The van der Waals surface area contributed by atoms with Crippen LogP contribution in [0.25, 0.3) is 21.5 Å². The summed E-state index contributed by atoms with van der Waals surface area (Å²) in [7, 11) is 0. The second-order valence-corrected chi connectivity index (χ2v) is 12.0. The van der Waals surface area contributed by atoms with Gasteiger partial charge in [0.2, 0.25) is 0 Å². The van der Waals surface area contributed by atoms with Crippen LogP contribution < -0.4 is 24.8 Å². The summed E-state index contributed by atoms with van der Waals surface area (Å²) in [6.45, 7) is 11.1. The Morgan fingerprint density at radius 1 is 0.614 bits per heavy atom. The maximum absolute atomic E-state index is 3.45. The third-order valence-electron chi connectivity index (χ3n) is 8.21. The molecule has 0 spiro atoms. The van der Waals surface area contributed by atoms with Crippen LogP contribution in [0, 0.1) is 6.08 Å². The summed E-state index contributed by atoms with van der Waals surface area (Å²) < 4.78 is 1.42. The van der Waals surface area contributed by atoms with Gasteiger partial charge in [-0.1, -0.05) is 89.3 Å². The fourth-order valence-electron chi connectivity index (χ4n) is 5.72. The van der Waals surface area contributed by atoms with E-state index in [2.05, 4.69) is 144 Å². The number of rotatable bonds is 7. The first-order chi connectivity index (χ1) is 20.5. The van der Waals surface area contributed by atoms with Gasteiger partial charge in [-0.2, -0.15) is 11.1 Å². The molecule has 0 saturated carbocycles. The molecule has 0 N–H and O–H groups in total. The average Bonchev–Trinajstić information content (AvgIpc) is 3.65. The predicted molar refractivity (Wildman–Crippen MR) is 181 cm³/mol. The molecule has 0 aliphatic heterocycles. The SMILES string of the molecule is CCC1=[C-]CC(CC)=C1CC.CCc1ccc2c(c1)[cH-]c1cc(CC)ccc12.[Cl-].[Cl-].[Zr+2]=[C](c1ccccc1)c1ccccc1. The first-order valence-electron chi connectivity index (χ1n) is 15.6. The van der Waals surface area contributed by atoms with Crippen molar-refractivity contribution in [3.05, 3.63) is 148 Å². The van der Waals surface area contributed by atoms with Crippen molar-refractivity contribution in [2.75, 3.05) is 0 Å². The Hall–Kier alpha value is -2.44. The van der Waals surface area contributed by atoms with Crippen molar-refractivity contribution < 1.29 is 49.0 Å². The van der Waals surface area contributed by atoms with Crippen LogP contribution in [0.1, 0.15) is 82.6 Å². The van der Waals surface area contributed by atoms with Gasteiger partial charge < -0.3 is 24.8 Å². The molecule has 0 atom stereocenters. The summed E-state index contributed by atoms with van der Waals surface area (Å²) in [6.07, 6.45) is 10.3. The van der Waals surface area contributed by atoms with E-state index in [4.69, 9.17) is 0 Å². The van der Waals surface area contributed by atoms with E-state index < -0.39 is 0 Å². The van der Waals surface area contributed by atoms with E-state index in [1.54, 1.807) is 11.1 Å². The van der Waals surface area contributed by atoms with Gasteiger partial charge >= 0.3 is 99.2 Å². The van der Waals surface area contributed by atoms with E-state index in [0.717, 1.165) is 25.7 Å². The van der Waals surface area contributed by atoms with Crippen molar-refractivity contribution in [2.24, 2.45) is 0 Å². The van der Waals surface area contributed by atoms with E-state index in [0.29, 0.717) is 0 Å². The Bertz CT molecular complexity index is 1570. The van der Waals surface area contributed by atoms with Crippen molar-refractivity contribution in [2.45, 2.75) is 73.1 Å². The molecule has 0 fully saturated rings. The molecule has 3 heteroatoms. The molecule has 0 saturated heterocycles. The van der Waals surface area contributed by atoms with Crippen molar-refractivity contribution in [1.29, 1.82) is 0 Å². The van der Waals surface area contributed by atoms with Crippen molar-refractivity contribution >= 4 is 24.8 Å². The fraction of sp³-hybridized carbons (Fsp3) is 0.268. The minimum absolute atomic E-state index is 0. The molecule has 5 aromatic carbocycles. The molecule has 0 unspecified atom stereocenters. The Morgan fingerprint density at radius 3 is 1.48 bits per heavy atom. The number of aryl methyl sites for hydroxylation is 2. The number of hydrogen-bond acceptors (Lipinski definition) is 0. The molecular weight excluding hydrogens is 655 g/mol. The van der Waals surface area contributed by atoms with Crippen LogP contribution in [0.15, 0.2) is 120 Å². The van der Waals surface area contributed by atoms with Gasteiger partial charge in [0.05, 0.1) is 0 Å². The summed E-state index contributed by atoms with van der Waals surface area (Å²) in [5.41, 5.74) is 10.2. The first kappa shape index (κ1) is 37.7. The number of benzene rings is 4. The topological polar surface area (TPSA) is 0 Å². The van der Waals surface area contributed by atoms with Gasteiger partial charge in [0, 0.05) is 0 Å². The summed E-state index contributed by atoms with van der Waals surface area (Å²) in [6, 6.07) is 37.1. The zero-order valence-electron chi connectivity index (χ0n) is 26.8. The van der Waals surface area contributed by atoms with E-state index in [9.17, 15) is 0 Å². The van der Waals surface area contributed by atoms with E-state index in [-0.39, 0.29) is 24.8 Å². The molecule has 1 aliphatic carbocycles. The number of halogens is 2. The molecule has 0 bridgehead atoms. The van der Waals surface area contributed by atoms with Crippen LogP contribution in [0.5, 0.6) is 0 Å². The second kappa shape index (κ2) is 19.2. The van der Waals surface area contributed by atoms with Gasteiger partial charge in [0.1, 0.15) is 0 Å². The molecular formula is C41H44Cl2Zr-2. The standard InChI is InChI=1S/C17H17.C13H10.C11H17.2ClH.Zr/c1-3-12-5-7-16-14(9-12)11-15-10-13(4-2)6-8-17(15)16;1-3-7-12(8-4-1)11-13-9-5-2-6-10-13;1-4-9-7-8-10(5-2)11(9)6-3;;;/h5-11H,3-4H2,1-2H3;1-10H;4-7H2,1-3H3;2*1H;/q-1;;-1;;;+2/p-2. The second-order valence-electron chi connectivity index (χ2n) is 10.8. The summed E-state index contributed by atoms with van der Waals surface area (Å²) in [5, 5.41) is 5.54. The van der Waals surface area contributed by atoms with Crippen LogP contribution in [0.2, 0.25) is 0 Å². The molecule has 0 radical (unpaired) electrons. The Balaban J connectivity index is 0.000000231. The zero-order chi connectivity index (χ0) is 29.9. The fourth-order valence-corrected chi connectivity index (χ4v) is 6.54. The summed E-state index contributed by atoms with van der Waals surface area (Å²) in [5.74, 6) is 0. The van der Waals surface area contributed by atoms with Gasteiger partial charge in [0.15, 0.2) is 0 Å². The molecule has 0 amide bonds. The molecule has 0 nitrogen and oxygen atoms in total. The Kier molecular flexibility index (Phi) is 16.4. The van der Waals surface area contributed by atoms with Crippen molar-refractivity contribution in [1.82, 2.24) is 0 Å². The average molecular weight is 699 g/mol. The molecule has 0 heterocycles. The van der Waals surface area contributed by atoms with Gasteiger partial charge in [0.25, 0.3) is 0 Å². The number of hydrogen-bond donors (Lipinski definition) is 0. The monoisotopic (exact) mass is 696 g/mol. The van der Waals surface area contributed by atoms with Crippen LogP contribution in [0.3, 0.4) is 0 Å². The van der Waals surface area contributed by atoms with E-state index in [1.807, 2.05) is 0 Å². The molecule has 5 aromatic rings. The zero-order valence-corrected chi connectivity index (χ0v) is 30.8. The predicted octanol–water partition coefficient (Wildman–Crippen LogP) is 5.29. The van der Waals surface area contributed by atoms with Crippen LogP contribution in [0.4, 0.5) is 0 Å². The Morgan fingerprint density at radius 2 is 1.09 bits per heavy atom. The minimum atomic E-state index is 0. The van der Waals surface area contributed by atoms with Crippen LogP contribution >= 0.6 is 0 Å². The summed E-state index contributed by atoms with van der Waals surface area (Å²) >= 11 is 1.46. The maximum atomic E-state index is 3.45. The van der Waals surface area contributed by atoms with Gasteiger partial charge in [-0.05, 0) is 12.8 Å². The summed E-state index contributed by atoms with van der Waals surface area (Å²) in [4.78, 5) is 0. The number of allylic oxidation sites excluding steroid dienone is 4. The quantitative estimate of drug-likeness (QED) is 0.203. The van der Waals surface area contributed by atoms with Crippen LogP contribution in [-0.2, 0) is 37.1 Å². The molecule has 1 aliphatic rings. The molecule has 0 aromatic heterocycles. The van der Waals surface area contributed by atoms with E-state index >= 15 is 0 Å².